The number of amides is 1. The number of methoxy groups -OCH3 is 2. The fourth-order valence-electron chi connectivity index (χ4n) is 4.21. The first kappa shape index (κ1) is 24.1. The lowest BCUT2D eigenvalue weighted by Crippen LogP contribution is -2.33. The van der Waals surface area contributed by atoms with Gasteiger partial charge in [-0.15, -0.1) is 0 Å². The maximum absolute atomic E-state index is 13.3. The van der Waals surface area contributed by atoms with Crippen molar-refractivity contribution in [2.75, 3.05) is 20.8 Å². The zero-order chi connectivity index (χ0) is 25.1. The molecule has 2 aromatic heterocycles. The molecule has 0 atom stereocenters. The zero-order valence-electron chi connectivity index (χ0n) is 20.7. The molecule has 182 valence electrons. The number of aryl methyl sites for hydroxylation is 2. The van der Waals surface area contributed by atoms with Crippen molar-refractivity contribution >= 4 is 16.9 Å². The molecule has 0 radical (unpaired) electrons. The highest BCUT2D eigenvalue weighted by Crippen LogP contribution is 2.26. The fourth-order valence-corrected chi connectivity index (χ4v) is 4.21. The molecule has 2 aromatic carbocycles. The van der Waals surface area contributed by atoms with Crippen molar-refractivity contribution in [2.24, 2.45) is 0 Å². The maximum Gasteiger partial charge on any atom is 0.263 e. The zero-order valence-corrected chi connectivity index (χ0v) is 20.7. The van der Waals surface area contributed by atoms with Crippen LogP contribution >= 0.6 is 0 Å². The highest BCUT2D eigenvalue weighted by molar-refractivity contribution is 5.83. The van der Waals surface area contributed by atoms with Crippen LogP contribution in [0.1, 0.15) is 22.4 Å². The average Bonchev–Trinajstić information content (AvgIpc) is 3.12. The van der Waals surface area contributed by atoms with Crippen LogP contribution in [-0.4, -0.2) is 40.8 Å². The number of fused-ring (bicyclic) bond motifs is 1. The van der Waals surface area contributed by atoms with E-state index >= 15 is 0 Å². The number of rotatable bonds is 8. The number of carbonyl (C=O) groups is 1. The molecule has 4 aromatic rings. The Hall–Kier alpha value is -4.07. The van der Waals surface area contributed by atoms with Crippen molar-refractivity contribution in [2.45, 2.75) is 33.7 Å². The lowest BCUT2D eigenvalue weighted by Gasteiger charge is -2.11. The Kier molecular flexibility index (Phi) is 6.91. The first-order valence-corrected chi connectivity index (χ1v) is 11.5. The van der Waals surface area contributed by atoms with Gasteiger partial charge in [-0.05, 0) is 56.5 Å². The van der Waals surface area contributed by atoms with Crippen molar-refractivity contribution in [1.82, 2.24) is 19.4 Å². The SMILES string of the molecule is COc1ccc(CCNC(=O)Cn2cnc3c(c(C)c(C)n3-c3ccc(C)cc3)c2=O)c(OC)c1. The van der Waals surface area contributed by atoms with Crippen LogP contribution in [0.4, 0.5) is 0 Å². The third kappa shape index (κ3) is 4.77. The monoisotopic (exact) mass is 474 g/mol. The quantitative estimate of drug-likeness (QED) is 0.422. The van der Waals surface area contributed by atoms with Crippen LogP contribution in [0.15, 0.2) is 53.6 Å². The highest BCUT2D eigenvalue weighted by atomic mass is 16.5. The maximum atomic E-state index is 13.3. The molecule has 0 aliphatic carbocycles. The lowest BCUT2D eigenvalue weighted by atomic mass is 10.1. The van der Waals surface area contributed by atoms with E-state index in [1.807, 2.05) is 67.8 Å². The molecule has 2 heterocycles. The first-order valence-electron chi connectivity index (χ1n) is 11.5. The molecule has 0 fully saturated rings. The number of nitrogens with zero attached hydrogens (tertiary/aromatic N) is 3. The van der Waals surface area contributed by atoms with Gasteiger partial charge in [0.15, 0.2) is 5.65 Å². The van der Waals surface area contributed by atoms with Crippen molar-refractivity contribution in [1.29, 1.82) is 0 Å². The van der Waals surface area contributed by atoms with Crippen LogP contribution < -0.4 is 20.3 Å². The van der Waals surface area contributed by atoms with E-state index in [4.69, 9.17) is 9.47 Å². The van der Waals surface area contributed by atoms with Crippen LogP contribution in [0.5, 0.6) is 11.5 Å². The van der Waals surface area contributed by atoms with E-state index in [0.717, 1.165) is 28.1 Å². The van der Waals surface area contributed by atoms with Gasteiger partial charge in [-0.25, -0.2) is 4.98 Å². The summed E-state index contributed by atoms with van der Waals surface area (Å²) in [5.74, 6) is 1.15. The van der Waals surface area contributed by atoms with Gasteiger partial charge in [0, 0.05) is 24.0 Å². The summed E-state index contributed by atoms with van der Waals surface area (Å²) in [5.41, 5.74) is 5.24. The van der Waals surface area contributed by atoms with Crippen molar-refractivity contribution < 1.29 is 14.3 Å². The van der Waals surface area contributed by atoms with Crippen LogP contribution in [0.2, 0.25) is 0 Å². The number of ether oxygens (including phenoxy) is 2. The predicted octanol–water partition coefficient (Wildman–Crippen LogP) is 3.49. The van der Waals surface area contributed by atoms with Gasteiger partial charge in [0.05, 0.1) is 19.6 Å². The second kappa shape index (κ2) is 10.0. The molecule has 0 saturated carbocycles. The van der Waals surface area contributed by atoms with E-state index in [2.05, 4.69) is 10.3 Å². The normalized spacial score (nSPS) is 11.0. The Labute approximate surface area is 204 Å². The van der Waals surface area contributed by atoms with Crippen LogP contribution in [-0.2, 0) is 17.8 Å². The lowest BCUT2D eigenvalue weighted by molar-refractivity contribution is -0.121. The summed E-state index contributed by atoms with van der Waals surface area (Å²) in [6.07, 6.45) is 2.03. The molecule has 8 heteroatoms. The number of benzene rings is 2. The summed E-state index contributed by atoms with van der Waals surface area (Å²) >= 11 is 0. The van der Waals surface area contributed by atoms with Crippen molar-refractivity contribution in [3.05, 3.63) is 81.5 Å². The Morgan fingerprint density at radius 1 is 1.03 bits per heavy atom. The number of aromatic nitrogens is 3. The molecule has 35 heavy (non-hydrogen) atoms. The van der Waals surface area contributed by atoms with Gasteiger partial charge < -0.3 is 14.8 Å². The van der Waals surface area contributed by atoms with Gasteiger partial charge in [-0.3, -0.25) is 18.7 Å². The van der Waals surface area contributed by atoms with Gasteiger partial charge in [0.25, 0.3) is 5.56 Å². The largest absolute Gasteiger partial charge is 0.497 e. The Morgan fingerprint density at radius 3 is 2.46 bits per heavy atom. The predicted molar refractivity (Wildman–Crippen MR) is 136 cm³/mol. The van der Waals surface area contributed by atoms with Crippen LogP contribution in [0.3, 0.4) is 0 Å². The highest BCUT2D eigenvalue weighted by Gasteiger charge is 2.18. The van der Waals surface area contributed by atoms with Gasteiger partial charge in [0.1, 0.15) is 24.4 Å². The topological polar surface area (TPSA) is 87.4 Å². The molecule has 0 aliphatic heterocycles. The number of carbonyl (C=O) groups excluding carboxylic acids is 1. The minimum Gasteiger partial charge on any atom is -0.497 e. The summed E-state index contributed by atoms with van der Waals surface area (Å²) in [6.45, 7) is 6.23. The van der Waals surface area contributed by atoms with E-state index in [0.29, 0.717) is 35.5 Å². The van der Waals surface area contributed by atoms with Crippen LogP contribution in [0, 0.1) is 20.8 Å². The molecule has 0 unspecified atom stereocenters. The van der Waals surface area contributed by atoms with E-state index < -0.39 is 0 Å². The van der Waals surface area contributed by atoms with Gasteiger partial charge >= 0.3 is 0 Å². The summed E-state index contributed by atoms with van der Waals surface area (Å²) in [4.78, 5) is 30.4. The molecule has 0 saturated heterocycles. The number of hydrogen-bond donors (Lipinski definition) is 1. The standard InChI is InChI=1S/C27H30N4O4/c1-17-6-9-21(10-7-17)31-19(3)18(2)25-26(31)29-16-30(27(25)33)15-24(32)28-13-12-20-8-11-22(34-4)14-23(20)35-5/h6-11,14,16H,12-13,15H2,1-5H3,(H,28,32). The van der Waals surface area contributed by atoms with Crippen LogP contribution in [0.25, 0.3) is 16.7 Å². The minimum atomic E-state index is -0.256. The van der Waals surface area contributed by atoms with E-state index in [9.17, 15) is 9.59 Å². The summed E-state index contributed by atoms with van der Waals surface area (Å²) < 4.78 is 14.0. The molecule has 0 bridgehead atoms. The molecular weight excluding hydrogens is 444 g/mol. The molecule has 1 N–H and O–H groups in total. The molecule has 0 aliphatic rings. The third-order valence-electron chi connectivity index (χ3n) is 6.30. The van der Waals surface area contributed by atoms with Gasteiger partial charge in [0.2, 0.25) is 5.91 Å². The van der Waals surface area contributed by atoms with Gasteiger partial charge in [-0.1, -0.05) is 23.8 Å². The fraction of sp³-hybridized carbons (Fsp3) is 0.296. The second-order valence-electron chi connectivity index (χ2n) is 8.54. The Bertz CT molecular complexity index is 1430. The number of hydrogen-bond acceptors (Lipinski definition) is 5. The summed E-state index contributed by atoms with van der Waals surface area (Å²) in [7, 11) is 3.20. The third-order valence-corrected chi connectivity index (χ3v) is 6.30. The Balaban J connectivity index is 1.50. The molecular formula is C27H30N4O4. The van der Waals surface area contributed by atoms with E-state index in [1.165, 1.54) is 10.9 Å². The molecule has 8 nitrogen and oxygen atoms in total. The Morgan fingerprint density at radius 2 is 1.77 bits per heavy atom. The molecule has 1 amide bonds. The van der Waals surface area contributed by atoms with Crippen molar-refractivity contribution in [3.8, 4) is 17.2 Å². The van der Waals surface area contributed by atoms with E-state index in [1.54, 1.807) is 14.2 Å². The van der Waals surface area contributed by atoms with Gasteiger partial charge in [-0.2, -0.15) is 0 Å². The van der Waals surface area contributed by atoms with Crippen molar-refractivity contribution in [3.63, 3.8) is 0 Å². The summed E-state index contributed by atoms with van der Waals surface area (Å²) in [5, 5.41) is 3.41. The molecule has 4 rings (SSSR count). The summed E-state index contributed by atoms with van der Waals surface area (Å²) in [6, 6.07) is 13.7. The average molecular weight is 475 g/mol. The minimum absolute atomic E-state index is 0.101. The van der Waals surface area contributed by atoms with E-state index in [-0.39, 0.29) is 18.0 Å². The smallest absolute Gasteiger partial charge is 0.263 e. The second-order valence-corrected chi connectivity index (χ2v) is 8.54. The first-order chi connectivity index (χ1) is 16.8. The number of nitrogens with one attached hydrogen (secondary N) is 1. The molecule has 0 spiro atoms.